The zero-order chi connectivity index (χ0) is 18.8. The Hall–Kier alpha value is -3.46. The molecule has 0 fully saturated rings. The molecule has 1 amide bonds. The molecule has 2 rings (SSSR count). The molecule has 0 heterocycles. The molecule has 2 N–H and O–H groups in total. The summed E-state index contributed by atoms with van der Waals surface area (Å²) in [5.41, 5.74) is 1.69. The summed E-state index contributed by atoms with van der Waals surface area (Å²) in [6.07, 6.45) is 2.23. The number of rotatable bonds is 8. The molecule has 0 bridgehead atoms. The number of carbonyl (C=O) groups is 1. The van der Waals surface area contributed by atoms with Crippen molar-refractivity contribution in [2.45, 2.75) is 6.42 Å². The lowest BCUT2D eigenvalue weighted by molar-refractivity contribution is -0.112. The van der Waals surface area contributed by atoms with E-state index in [0.29, 0.717) is 23.7 Å². The molecule has 0 aliphatic rings. The third-order valence-corrected chi connectivity index (χ3v) is 3.65. The second kappa shape index (κ2) is 9.74. The third kappa shape index (κ3) is 5.28. The van der Waals surface area contributed by atoms with E-state index in [-0.39, 0.29) is 5.57 Å². The molecule has 0 radical (unpaired) electrons. The van der Waals surface area contributed by atoms with E-state index in [0.717, 1.165) is 6.42 Å². The van der Waals surface area contributed by atoms with E-state index >= 15 is 0 Å². The molecule has 0 aliphatic heterocycles. The van der Waals surface area contributed by atoms with Crippen LogP contribution in [0.4, 0.5) is 5.69 Å². The van der Waals surface area contributed by atoms with Crippen molar-refractivity contribution in [1.29, 1.82) is 5.26 Å². The lowest BCUT2D eigenvalue weighted by Crippen LogP contribution is -2.18. The predicted octanol–water partition coefficient (Wildman–Crippen LogP) is 2.88. The van der Waals surface area contributed by atoms with E-state index in [9.17, 15) is 10.1 Å². The molecule has 134 valence electrons. The summed E-state index contributed by atoms with van der Waals surface area (Å²) in [5, 5.41) is 14.9. The van der Waals surface area contributed by atoms with E-state index in [4.69, 9.17) is 9.47 Å². The topological polar surface area (TPSA) is 83.4 Å². The summed E-state index contributed by atoms with van der Waals surface area (Å²) in [6.45, 7) is 0.624. The molecular formula is C20H21N3O3. The summed E-state index contributed by atoms with van der Waals surface area (Å²) in [4.78, 5) is 12.2. The van der Waals surface area contributed by atoms with Gasteiger partial charge in [0.15, 0.2) is 11.5 Å². The molecular weight excluding hydrogens is 330 g/mol. The molecule has 0 aliphatic carbocycles. The highest BCUT2D eigenvalue weighted by atomic mass is 16.5. The SMILES string of the molecule is COc1ccc(NC(=O)/C(C#N)=C\NCCc2ccccc2)cc1OC. The Morgan fingerprint density at radius 2 is 1.85 bits per heavy atom. The number of ether oxygens (including phenoxy) is 2. The van der Waals surface area contributed by atoms with Gasteiger partial charge in [-0.15, -0.1) is 0 Å². The summed E-state index contributed by atoms with van der Waals surface area (Å²) >= 11 is 0. The van der Waals surface area contributed by atoms with Gasteiger partial charge in [-0.05, 0) is 24.1 Å². The van der Waals surface area contributed by atoms with Crippen molar-refractivity contribution >= 4 is 11.6 Å². The normalized spacial score (nSPS) is 10.6. The number of hydrogen-bond donors (Lipinski definition) is 2. The fourth-order valence-corrected chi connectivity index (χ4v) is 2.30. The minimum atomic E-state index is -0.494. The Morgan fingerprint density at radius 1 is 1.12 bits per heavy atom. The number of hydrogen-bond acceptors (Lipinski definition) is 5. The number of nitriles is 1. The summed E-state index contributed by atoms with van der Waals surface area (Å²) in [5.74, 6) is 0.560. The maximum Gasteiger partial charge on any atom is 0.267 e. The van der Waals surface area contributed by atoms with Gasteiger partial charge in [0.05, 0.1) is 14.2 Å². The Kier molecular flexibility index (Phi) is 7.07. The average molecular weight is 351 g/mol. The monoisotopic (exact) mass is 351 g/mol. The lowest BCUT2D eigenvalue weighted by Gasteiger charge is -2.10. The van der Waals surface area contributed by atoms with Gasteiger partial charge in [-0.3, -0.25) is 4.79 Å². The van der Waals surface area contributed by atoms with Gasteiger partial charge in [0.25, 0.3) is 5.91 Å². The first-order valence-electron chi connectivity index (χ1n) is 8.09. The number of carbonyl (C=O) groups excluding carboxylic acids is 1. The molecule has 6 nitrogen and oxygen atoms in total. The van der Waals surface area contributed by atoms with Crippen molar-refractivity contribution in [3.8, 4) is 17.6 Å². The zero-order valence-corrected chi connectivity index (χ0v) is 14.8. The largest absolute Gasteiger partial charge is 0.493 e. The van der Waals surface area contributed by atoms with Gasteiger partial charge >= 0.3 is 0 Å². The molecule has 26 heavy (non-hydrogen) atoms. The van der Waals surface area contributed by atoms with Crippen LogP contribution in [0.15, 0.2) is 60.3 Å². The van der Waals surface area contributed by atoms with Crippen molar-refractivity contribution in [3.05, 3.63) is 65.9 Å². The fourth-order valence-electron chi connectivity index (χ4n) is 2.30. The van der Waals surface area contributed by atoms with Crippen LogP contribution in [0.3, 0.4) is 0 Å². The second-order valence-electron chi connectivity index (χ2n) is 5.38. The molecule has 6 heteroatoms. The Bertz CT molecular complexity index is 811. The summed E-state index contributed by atoms with van der Waals surface area (Å²) in [6, 6.07) is 16.9. The maximum atomic E-state index is 12.2. The van der Waals surface area contributed by atoms with E-state index < -0.39 is 5.91 Å². The lowest BCUT2D eigenvalue weighted by atomic mass is 10.1. The van der Waals surface area contributed by atoms with Gasteiger partial charge in [-0.1, -0.05) is 30.3 Å². The highest BCUT2D eigenvalue weighted by Crippen LogP contribution is 2.29. The van der Waals surface area contributed by atoms with Crippen molar-refractivity contribution in [2.75, 3.05) is 26.1 Å². The standard InChI is InChI=1S/C20H21N3O3/c1-25-18-9-8-17(12-19(18)26-2)23-20(24)16(13-21)14-22-11-10-15-6-4-3-5-7-15/h3-9,12,14,22H,10-11H2,1-2H3,(H,23,24)/b16-14-. The van der Waals surface area contributed by atoms with Crippen LogP contribution in [-0.2, 0) is 11.2 Å². The van der Waals surface area contributed by atoms with Crippen LogP contribution >= 0.6 is 0 Å². The van der Waals surface area contributed by atoms with Crippen molar-refractivity contribution in [2.24, 2.45) is 0 Å². The van der Waals surface area contributed by atoms with E-state index in [1.165, 1.54) is 26.0 Å². The summed E-state index contributed by atoms with van der Waals surface area (Å²) in [7, 11) is 3.05. The van der Waals surface area contributed by atoms with Crippen LogP contribution in [0.25, 0.3) is 0 Å². The number of methoxy groups -OCH3 is 2. The van der Waals surface area contributed by atoms with Gasteiger partial charge in [0, 0.05) is 24.5 Å². The van der Waals surface area contributed by atoms with Gasteiger partial charge in [0.2, 0.25) is 0 Å². The van der Waals surface area contributed by atoms with Crippen molar-refractivity contribution < 1.29 is 14.3 Å². The number of benzene rings is 2. The first-order chi connectivity index (χ1) is 12.7. The third-order valence-electron chi connectivity index (χ3n) is 3.65. The van der Waals surface area contributed by atoms with Crippen LogP contribution in [0.2, 0.25) is 0 Å². The van der Waals surface area contributed by atoms with Gasteiger partial charge < -0.3 is 20.1 Å². The number of amides is 1. The minimum Gasteiger partial charge on any atom is -0.493 e. The Labute approximate surface area is 153 Å². The van der Waals surface area contributed by atoms with Gasteiger partial charge in [-0.25, -0.2) is 0 Å². The van der Waals surface area contributed by atoms with E-state index in [1.54, 1.807) is 18.2 Å². The number of anilines is 1. The number of nitrogens with one attached hydrogen (secondary N) is 2. The highest BCUT2D eigenvalue weighted by Gasteiger charge is 2.11. The smallest absolute Gasteiger partial charge is 0.267 e. The first kappa shape index (κ1) is 18.9. The number of nitrogens with zero attached hydrogens (tertiary/aromatic N) is 1. The van der Waals surface area contributed by atoms with Crippen molar-refractivity contribution in [1.82, 2.24) is 5.32 Å². The molecule has 0 unspecified atom stereocenters. The second-order valence-corrected chi connectivity index (χ2v) is 5.38. The Balaban J connectivity index is 1.94. The molecule has 0 atom stereocenters. The highest BCUT2D eigenvalue weighted by molar-refractivity contribution is 6.06. The first-order valence-corrected chi connectivity index (χ1v) is 8.09. The average Bonchev–Trinajstić information content (AvgIpc) is 2.68. The molecule has 0 saturated heterocycles. The summed E-state index contributed by atoms with van der Waals surface area (Å²) < 4.78 is 10.4. The van der Waals surface area contributed by atoms with E-state index in [1.807, 2.05) is 36.4 Å². The molecule has 0 aromatic heterocycles. The quantitative estimate of drug-likeness (QED) is 0.434. The maximum absolute atomic E-state index is 12.2. The van der Waals surface area contributed by atoms with Gasteiger partial charge in [0.1, 0.15) is 11.6 Å². The molecule has 2 aromatic rings. The van der Waals surface area contributed by atoms with Crippen LogP contribution in [0, 0.1) is 11.3 Å². The zero-order valence-electron chi connectivity index (χ0n) is 14.8. The van der Waals surface area contributed by atoms with Crippen LogP contribution < -0.4 is 20.1 Å². The predicted molar refractivity (Wildman–Crippen MR) is 100 cm³/mol. The van der Waals surface area contributed by atoms with Crippen molar-refractivity contribution in [3.63, 3.8) is 0 Å². The van der Waals surface area contributed by atoms with Crippen LogP contribution in [0.1, 0.15) is 5.56 Å². The Morgan fingerprint density at radius 3 is 2.50 bits per heavy atom. The molecule has 2 aromatic carbocycles. The van der Waals surface area contributed by atoms with E-state index in [2.05, 4.69) is 10.6 Å². The van der Waals surface area contributed by atoms with Crippen LogP contribution in [-0.4, -0.2) is 26.7 Å². The molecule has 0 spiro atoms. The minimum absolute atomic E-state index is 0.00662. The molecule has 0 saturated carbocycles. The fraction of sp³-hybridized carbons (Fsp3) is 0.200. The van der Waals surface area contributed by atoms with Crippen LogP contribution in [0.5, 0.6) is 11.5 Å². The van der Waals surface area contributed by atoms with Gasteiger partial charge in [-0.2, -0.15) is 5.26 Å².